The molecule has 9 heteroatoms. The van der Waals surface area contributed by atoms with Crippen molar-refractivity contribution in [3.63, 3.8) is 0 Å². The first-order valence-electron chi connectivity index (χ1n) is 10.0. The molecule has 0 aliphatic carbocycles. The molecule has 0 atom stereocenters. The van der Waals surface area contributed by atoms with E-state index in [4.69, 9.17) is 4.52 Å². The van der Waals surface area contributed by atoms with E-state index in [2.05, 4.69) is 26.5 Å². The van der Waals surface area contributed by atoms with Crippen LogP contribution in [0.25, 0.3) is 5.70 Å². The zero-order valence-electron chi connectivity index (χ0n) is 18.6. The number of carbonyl (C=O) groups is 1. The van der Waals surface area contributed by atoms with Crippen LogP contribution in [0.2, 0.25) is 0 Å². The minimum Gasteiger partial charge on any atom is -0.359 e. The highest BCUT2D eigenvalue weighted by Gasteiger charge is 2.22. The Morgan fingerprint density at radius 2 is 1.97 bits per heavy atom. The van der Waals surface area contributed by atoms with Gasteiger partial charge in [0.25, 0.3) is 5.91 Å². The summed E-state index contributed by atoms with van der Waals surface area (Å²) in [5.41, 5.74) is 11.5. The number of amides is 1. The fourth-order valence-electron chi connectivity index (χ4n) is 3.23. The summed E-state index contributed by atoms with van der Waals surface area (Å²) in [7, 11) is 1.91. The van der Waals surface area contributed by atoms with E-state index in [1.807, 2.05) is 75.9 Å². The van der Waals surface area contributed by atoms with Crippen LogP contribution in [0.4, 0.5) is 11.5 Å². The van der Waals surface area contributed by atoms with E-state index < -0.39 is 0 Å². The lowest BCUT2D eigenvalue weighted by atomic mass is 9.93. The van der Waals surface area contributed by atoms with Crippen molar-refractivity contribution in [2.24, 2.45) is 7.05 Å². The Balaban J connectivity index is 1.55. The number of aromatic nitrogens is 3. The van der Waals surface area contributed by atoms with E-state index in [-0.39, 0.29) is 11.3 Å². The van der Waals surface area contributed by atoms with Gasteiger partial charge in [-0.15, -0.1) is 5.53 Å². The van der Waals surface area contributed by atoms with Gasteiger partial charge in [-0.3, -0.25) is 14.5 Å². The van der Waals surface area contributed by atoms with Crippen molar-refractivity contribution in [1.29, 1.82) is 0 Å². The van der Waals surface area contributed by atoms with Crippen LogP contribution in [0, 0.1) is 13.8 Å². The number of hydrazine groups is 2. The van der Waals surface area contributed by atoms with Crippen LogP contribution in [0.3, 0.4) is 0 Å². The number of aryl methyl sites for hydroxylation is 2. The van der Waals surface area contributed by atoms with Crippen LogP contribution >= 0.6 is 0 Å². The maximum Gasteiger partial charge on any atom is 0.256 e. The van der Waals surface area contributed by atoms with E-state index >= 15 is 0 Å². The van der Waals surface area contributed by atoms with Crippen LogP contribution in [-0.2, 0) is 12.5 Å². The molecule has 0 saturated heterocycles. The molecule has 162 valence electrons. The van der Waals surface area contributed by atoms with Crippen LogP contribution < -0.4 is 21.3 Å². The normalized spacial score (nSPS) is 13.9. The van der Waals surface area contributed by atoms with Crippen molar-refractivity contribution in [2.45, 2.75) is 40.0 Å². The Bertz CT molecular complexity index is 1170. The highest BCUT2D eigenvalue weighted by molar-refractivity contribution is 6.04. The van der Waals surface area contributed by atoms with Crippen LogP contribution in [0.15, 0.2) is 41.2 Å². The summed E-state index contributed by atoms with van der Waals surface area (Å²) in [6.07, 6.45) is 3.76. The van der Waals surface area contributed by atoms with Gasteiger partial charge in [0.1, 0.15) is 5.76 Å². The van der Waals surface area contributed by atoms with Crippen molar-refractivity contribution in [2.75, 3.05) is 10.3 Å². The van der Waals surface area contributed by atoms with Crippen molar-refractivity contribution < 1.29 is 9.32 Å². The van der Waals surface area contributed by atoms with Gasteiger partial charge >= 0.3 is 0 Å². The molecule has 3 N–H and O–H groups in total. The molecule has 3 heterocycles. The fraction of sp³-hybridized carbons (Fsp3) is 0.318. The predicted octanol–water partition coefficient (Wildman–Crippen LogP) is 3.40. The van der Waals surface area contributed by atoms with E-state index in [1.165, 1.54) is 0 Å². The van der Waals surface area contributed by atoms with Gasteiger partial charge in [-0.25, -0.2) is 0 Å². The first-order chi connectivity index (χ1) is 14.6. The average Bonchev–Trinajstić information content (AvgIpc) is 3.43. The lowest BCUT2D eigenvalue weighted by molar-refractivity contribution is 0.102. The van der Waals surface area contributed by atoms with Crippen LogP contribution in [0.5, 0.6) is 0 Å². The Morgan fingerprint density at radius 3 is 2.61 bits per heavy atom. The number of anilines is 2. The summed E-state index contributed by atoms with van der Waals surface area (Å²) < 4.78 is 7.17. The number of nitrogens with zero attached hydrogens (tertiary/aromatic N) is 4. The van der Waals surface area contributed by atoms with Crippen molar-refractivity contribution in [1.82, 2.24) is 25.9 Å². The zero-order valence-corrected chi connectivity index (χ0v) is 18.6. The molecular weight excluding hydrogens is 394 g/mol. The maximum absolute atomic E-state index is 12.8. The predicted molar refractivity (Wildman–Crippen MR) is 119 cm³/mol. The molecule has 0 spiro atoms. The van der Waals surface area contributed by atoms with Gasteiger partial charge in [0.05, 0.1) is 17.6 Å². The summed E-state index contributed by atoms with van der Waals surface area (Å²) in [5.74, 6) is 0.852. The van der Waals surface area contributed by atoms with Gasteiger partial charge < -0.3 is 15.3 Å². The molecule has 1 aliphatic rings. The molecule has 0 bridgehead atoms. The highest BCUT2D eigenvalue weighted by atomic mass is 16.5. The van der Waals surface area contributed by atoms with Crippen molar-refractivity contribution in [3.8, 4) is 0 Å². The van der Waals surface area contributed by atoms with E-state index in [9.17, 15) is 4.79 Å². The summed E-state index contributed by atoms with van der Waals surface area (Å²) in [5, 5.41) is 12.9. The molecular formula is C22H27N7O2. The van der Waals surface area contributed by atoms with Crippen LogP contribution in [0.1, 0.15) is 53.7 Å². The van der Waals surface area contributed by atoms with Gasteiger partial charge in [0.15, 0.2) is 5.82 Å². The molecule has 0 radical (unpaired) electrons. The first kappa shape index (κ1) is 20.7. The third-order valence-corrected chi connectivity index (χ3v) is 5.32. The second-order valence-corrected chi connectivity index (χ2v) is 8.70. The molecule has 1 amide bonds. The molecule has 4 rings (SSSR count). The minimum absolute atomic E-state index is 0.182. The number of benzene rings is 1. The van der Waals surface area contributed by atoms with Crippen molar-refractivity contribution in [3.05, 3.63) is 64.8 Å². The Labute approximate surface area is 181 Å². The second kappa shape index (κ2) is 7.59. The molecule has 1 aromatic carbocycles. The van der Waals surface area contributed by atoms with E-state index in [1.54, 1.807) is 12.1 Å². The molecule has 31 heavy (non-hydrogen) atoms. The smallest absolute Gasteiger partial charge is 0.256 e. The quantitative estimate of drug-likeness (QED) is 0.594. The first-order valence-corrected chi connectivity index (χ1v) is 10.0. The zero-order chi connectivity index (χ0) is 22.3. The Hall–Kier alpha value is -3.59. The summed E-state index contributed by atoms with van der Waals surface area (Å²) in [6.45, 7) is 10.1. The largest absolute Gasteiger partial charge is 0.359 e. The summed E-state index contributed by atoms with van der Waals surface area (Å²) >= 11 is 0. The lowest BCUT2D eigenvalue weighted by Crippen LogP contribution is -2.36. The van der Waals surface area contributed by atoms with Gasteiger partial charge in [0.2, 0.25) is 0 Å². The molecule has 0 saturated carbocycles. The van der Waals surface area contributed by atoms with Gasteiger partial charge in [-0.1, -0.05) is 32.0 Å². The fourth-order valence-corrected chi connectivity index (χ4v) is 3.23. The molecule has 3 aromatic rings. The monoisotopic (exact) mass is 421 g/mol. The number of rotatable bonds is 4. The van der Waals surface area contributed by atoms with Crippen LogP contribution in [-0.4, -0.2) is 20.8 Å². The third kappa shape index (κ3) is 4.04. The van der Waals surface area contributed by atoms with Gasteiger partial charge in [0, 0.05) is 41.5 Å². The van der Waals surface area contributed by atoms with Gasteiger partial charge in [-0.2, -0.15) is 5.10 Å². The molecule has 1 aliphatic heterocycles. The molecule has 2 aromatic heterocycles. The number of carbonyl (C=O) groups excluding carboxylic acids is 1. The van der Waals surface area contributed by atoms with E-state index in [0.29, 0.717) is 17.1 Å². The molecule has 9 nitrogen and oxygen atoms in total. The summed E-state index contributed by atoms with van der Waals surface area (Å²) in [6, 6.07) is 7.29. The average molecular weight is 422 g/mol. The molecule has 0 fully saturated rings. The number of hydrogen-bond donors (Lipinski definition) is 3. The summed E-state index contributed by atoms with van der Waals surface area (Å²) in [4.78, 5) is 12.8. The van der Waals surface area contributed by atoms with Crippen molar-refractivity contribution >= 4 is 23.1 Å². The SMILES string of the molecule is Cc1ccc(C(=O)Nc2cc(C(C)(C)C)on2)cc1N1C=C(c2cnn(C)c2C)NN1. The highest BCUT2D eigenvalue weighted by Crippen LogP contribution is 2.27. The second-order valence-electron chi connectivity index (χ2n) is 8.70. The lowest BCUT2D eigenvalue weighted by Gasteiger charge is -2.18. The van der Waals surface area contributed by atoms with Gasteiger partial charge in [-0.05, 0) is 31.5 Å². The maximum atomic E-state index is 12.8. The third-order valence-electron chi connectivity index (χ3n) is 5.32. The number of nitrogens with one attached hydrogen (secondary N) is 3. The Morgan fingerprint density at radius 1 is 1.19 bits per heavy atom. The topological polar surface area (TPSA) is 100 Å². The minimum atomic E-state index is -0.255. The standard InChI is InChI=1S/C22H27N7O2/c1-13-7-8-15(21(30)24-20-10-19(31-26-20)22(3,4)5)9-18(13)29-12-17(25-27-29)16-11-23-28(6)14(16)2/h7-12,25,27H,1-6H3,(H,24,26,30). The number of hydrogen-bond acceptors (Lipinski definition) is 7. The molecule has 0 unspecified atom stereocenters. The van der Waals surface area contributed by atoms with E-state index in [0.717, 1.165) is 28.2 Å². The Kier molecular flexibility index (Phi) is 5.06.